The van der Waals surface area contributed by atoms with Gasteiger partial charge in [-0.25, -0.2) is 19.7 Å². The van der Waals surface area contributed by atoms with Crippen molar-refractivity contribution in [2.45, 2.75) is 38.1 Å². The highest BCUT2D eigenvalue weighted by molar-refractivity contribution is 7.16. The number of fused-ring (bicyclic) bond motifs is 1. The third-order valence-corrected chi connectivity index (χ3v) is 7.15. The van der Waals surface area contributed by atoms with Crippen molar-refractivity contribution in [3.05, 3.63) is 62.5 Å². The number of piperidine rings is 1. The van der Waals surface area contributed by atoms with Gasteiger partial charge in [-0.05, 0) is 18.9 Å². The first-order chi connectivity index (χ1) is 17.3. The number of aromatic amines is 1. The Morgan fingerprint density at radius 2 is 2.08 bits per heavy atom. The minimum Gasteiger partial charge on any atom is -0.481 e. The Hall–Kier alpha value is -3.80. The Morgan fingerprint density at radius 3 is 2.89 bits per heavy atom. The quantitative estimate of drug-likeness (QED) is 0.387. The van der Waals surface area contributed by atoms with Crippen molar-refractivity contribution in [2.24, 2.45) is 0 Å². The number of hydrogen-bond donors (Lipinski definition) is 2. The normalized spacial score (nSPS) is 16.3. The highest BCUT2D eigenvalue weighted by Crippen LogP contribution is 2.31. The second kappa shape index (κ2) is 9.69. The summed E-state index contributed by atoms with van der Waals surface area (Å²) in [5.41, 5.74) is 2.32. The van der Waals surface area contributed by atoms with Gasteiger partial charge in [0.15, 0.2) is 10.6 Å². The van der Waals surface area contributed by atoms with Crippen LogP contribution >= 0.6 is 11.3 Å². The number of nitrogens with zero attached hydrogens (tertiary/aromatic N) is 6. The van der Waals surface area contributed by atoms with E-state index >= 15 is 0 Å². The van der Waals surface area contributed by atoms with Crippen LogP contribution in [0.25, 0.3) is 10.3 Å². The van der Waals surface area contributed by atoms with Crippen LogP contribution in [-0.2, 0) is 5.41 Å². The number of thiazole rings is 1. The van der Waals surface area contributed by atoms with E-state index in [2.05, 4.69) is 44.0 Å². The minimum absolute atomic E-state index is 0.0822. The monoisotopic (exact) mass is 508 g/mol. The molecule has 5 rings (SSSR count). The van der Waals surface area contributed by atoms with E-state index in [0.29, 0.717) is 24.9 Å². The lowest BCUT2D eigenvalue weighted by atomic mass is 9.89. The van der Waals surface area contributed by atoms with E-state index in [1.807, 2.05) is 18.2 Å². The third-order valence-electron chi connectivity index (χ3n) is 6.43. The molecule has 1 saturated heterocycles. The van der Waals surface area contributed by atoms with Crippen LogP contribution in [0.5, 0.6) is 5.88 Å². The van der Waals surface area contributed by atoms with Crippen LogP contribution in [-0.4, -0.2) is 56.2 Å². The molecule has 0 radical (unpaired) electrons. The highest BCUT2D eigenvalue weighted by Gasteiger charge is 2.27. The van der Waals surface area contributed by atoms with Gasteiger partial charge in [0, 0.05) is 43.4 Å². The molecule has 36 heavy (non-hydrogen) atoms. The molecule has 12 heteroatoms. The summed E-state index contributed by atoms with van der Waals surface area (Å²) in [7, 11) is 1.61. The molecule has 0 bridgehead atoms. The first-order valence-electron chi connectivity index (χ1n) is 11.8. The number of anilines is 2. The van der Waals surface area contributed by atoms with E-state index in [4.69, 9.17) is 9.72 Å². The largest absolute Gasteiger partial charge is 0.481 e. The molecule has 0 aromatic carbocycles. The second-order valence-corrected chi connectivity index (χ2v) is 10.3. The van der Waals surface area contributed by atoms with Crippen LogP contribution in [0.4, 0.5) is 11.8 Å². The van der Waals surface area contributed by atoms with Crippen LogP contribution in [0.15, 0.2) is 45.6 Å². The SMILES string of the molecule is COc1cccc(C(C)(C)CNc2nc(N3CCCC(n4ccc(=O)[nH]c4=O)C3)c3ncsc3n2)n1. The van der Waals surface area contributed by atoms with E-state index in [0.717, 1.165) is 41.2 Å². The number of hydrogen-bond acceptors (Lipinski definition) is 10. The molecule has 11 nitrogen and oxygen atoms in total. The Bertz CT molecular complexity index is 1490. The van der Waals surface area contributed by atoms with Crippen molar-refractivity contribution >= 4 is 33.5 Å². The average molecular weight is 509 g/mol. The van der Waals surface area contributed by atoms with Crippen molar-refractivity contribution in [2.75, 3.05) is 37.0 Å². The lowest BCUT2D eigenvalue weighted by Crippen LogP contribution is -2.42. The van der Waals surface area contributed by atoms with Crippen molar-refractivity contribution in [1.29, 1.82) is 0 Å². The molecular weight excluding hydrogens is 480 g/mol. The zero-order valence-electron chi connectivity index (χ0n) is 20.4. The zero-order valence-corrected chi connectivity index (χ0v) is 21.2. The molecule has 4 aromatic rings. The Balaban J connectivity index is 1.40. The summed E-state index contributed by atoms with van der Waals surface area (Å²) in [5.74, 6) is 1.83. The van der Waals surface area contributed by atoms with Gasteiger partial charge in [-0.15, -0.1) is 11.3 Å². The van der Waals surface area contributed by atoms with Gasteiger partial charge >= 0.3 is 5.69 Å². The molecule has 0 saturated carbocycles. The number of H-pyrrole nitrogens is 1. The molecule has 4 aromatic heterocycles. The summed E-state index contributed by atoms with van der Waals surface area (Å²) in [4.78, 5) is 47.8. The van der Waals surface area contributed by atoms with E-state index in [9.17, 15) is 9.59 Å². The summed E-state index contributed by atoms with van der Waals surface area (Å²) in [5, 5.41) is 3.39. The lowest BCUT2D eigenvalue weighted by Gasteiger charge is -2.34. The smallest absolute Gasteiger partial charge is 0.328 e. The van der Waals surface area contributed by atoms with Crippen molar-refractivity contribution in [3.63, 3.8) is 0 Å². The summed E-state index contributed by atoms with van der Waals surface area (Å²) >= 11 is 1.46. The van der Waals surface area contributed by atoms with Crippen LogP contribution in [0, 0.1) is 0 Å². The van der Waals surface area contributed by atoms with E-state index in [1.165, 1.54) is 17.4 Å². The van der Waals surface area contributed by atoms with Gasteiger partial charge in [-0.3, -0.25) is 14.3 Å². The summed E-state index contributed by atoms with van der Waals surface area (Å²) < 4.78 is 6.88. The van der Waals surface area contributed by atoms with Crippen LogP contribution in [0.1, 0.15) is 38.4 Å². The number of aromatic nitrogens is 6. The van der Waals surface area contributed by atoms with Crippen molar-refractivity contribution < 1.29 is 4.74 Å². The van der Waals surface area contributed by atoms with Crippen molar-refractivity contribution in [1.82, 2.24) is 29.5 Å². The maximum atomic E-state index is 12.4. The fourth-order valence-electron chi connectivity index (χ4n) is 4.43. The third kappa shape index (κ3) is 4.81. The highest BCUT2D eigenvalue weighted by atomic mass is 32.1. The predicted molar refractivity (Wildman–Crippen MR) is 139 cm³/mol. The maximum absolute atomic E-state index is 12.4. The summed E-state index contributed by atoms with van der Waals surface area (Å²) in [6.45, 7) is 6.13. The standard InChI is InChI=1S/C24H28N8O3S/c1-24(2,16-7-4-8-18(27-16)35-3)13-25-22-29-20(19-21(30-22)36-14-26-19)31-10-5-6-15(12-31)32-11-9-17(33)28-23(32)34/h4,7-9,11,14-15H,5-6,10,12-13H2,1-3H3,(H,25,29,30)(H,28,33,34). The Morgan fingerprint density at radius 1 is 1.22 bits per heavy atom. The predicted octanol–water partition coefficient (Wildman–Crippen LogP) is 2.57. The molecule has 2 N–H and O–H groups in total. The minimum atomic E-state index is -0.397. The number of nitrogens with one attached hydrogen (secondary N) is 2. The second-order valence-electron chi connectivity index (χ2n) is 9.44. The average Bonchev–Trinajstić information content (AvgIpc) is 3.36. The van der Waals surface area contributed by atoms with Gasteiger partial charge in [-0.2, -0.15) is 4.98 Å². The molecular formula is C24H28N8O3S. The van der Waals surface area contributed by atoms with Gasteiger partial charge in [0.05, 0.1) is 24.4 Å². The molecule has 0 spiro atoms. The van der Waals surface area contributed by atoms with E-state index in [-0.39, 0.29) is 11.5 Å². The molecule has 5 heterocycles. The number of pyridine rings is 1. The van der Waals surface area contributed by atoms with Crippen LogP contribution in [0.3, 0.4) is 0 Å². The Labute approximate surface area is 211 Å². The number of ether oxygens (including phenoxy) is 1. The number of rotatable bonds is 7. The van der Waals surface area contributed by atoms with Crippen molar-refractivity contribution in [3.8, 4) is 5.88 Å². The van der Waals surface area contributed by atoms with E-state index in [1.54, 1.807) is 23.4 Å². The molecule has 1 aliphatic rings. The molecule has 0 aliphatic carbocycles. The van der Waals surface area contributed by atoms with E-state index < -0.39 is 11.2 Å². The zero-order chi connectivity index (χ0) is 25.3. The first-order valence-corrected chi connectivity index (χ1v) is 12.6. The Kier molecular flexibility index (Phi) is 6.44. The molecule has 1 unspecified atom stereocenters. The summed E-state index contributed by atoms with van der Waals surface area (Å²) in [6, 6.07) is 7.04. The van der Waals surface area contributed by atoms with Gasteiger partial charge < -0.3 is 15.0 Å². The number of methoxy groups -OCH3 is 1. The fraction of sp³-hybridized carbons (Fsp3) is 0.417. The topological polar surface area (TPSA) is 131 Å². The van der Waals surface area contributed by atoms with Gasteiger partial charge in [-0.1, -0.05) is 19.9 Å². The van der Waals surface area contributed by atoms with Crippen LogP contribution in [0.2, 0.25) is 0 Å². The lowest BCUT2D eigenvalue weighted by molar-refractivity contribution is 0.390. The van der Waals surface area contributed by atoms with Gasteiger partial charge in [0.1, 0.15) is 5.52 Å². The molecule has 1 fully saturated rings. The van der Waals surface area contributed by atoms with Gasteiger partial charge in [0.2, 0.25) is 11.8 Å². The molecule has 1 atom stereocenters. The van der Waals surface area contributed by atoms with Gasteiger partial charge in [0.25, 0.3) is 5.56 Å². The summed E-state index contributed by atoms with van der Waals surface area (Å²) in [6.07, 6.45) is 3.28. The maximum Gasteiger partial charge on any atom is 0.328 e. The first kappa shape index (κ1) is 23.9. The fourth-order valence-corrected chi connectivity index (χ4v) is 5.08. The molecule has 0 amide bonds. The molecule has 1 aliphatic heterocycles. The molecule has 188 valence electrons. The van der Waals surface area contributed by atoms with Crippen LogP contribution < -0.4 is 26.2 Å².